The minimum absolute atomic E-state index is 0.201. The molecule has 0 bridgehead atoms. The highest BCUT2D eigenvalue weighted by atomic mass is 16.4. The highest BCUT2D eigenvalue weighted by molar-refractivity contribution is 6.04. The van der Waals surface area contributed by atoms with Crippen molar-refractivity contribution in [2.75, 3.05) is 24.3 Å². The molecule has 6 heteroatoms. The second-order valence-electron chi connectivity index (χ2n) is 5.99. The Morgan fingerprint density at radius 3 is 2.32 bits per heavy atom. The number of pyridine rings is 1. The van der Waals surface area contributed by atoms with Gasteiger partial charge in [0.05, 0.1) is 11.3 Å². The molecule has 0 atom stereocenters. The van der Waals surface area contributed by atoms with E-state index in [1.807, 2.05) is 63.2 Å². The van der Waals surface area contributed by atoms with Gasteiger partial charge in [0, 0.05) is 31.5 Å². The van der Waals surface area contributed by atoms with Crippen molar-refractivity contribution in [1.82, 2.24) is 9.97 Å². The lowest BCUT2D eigenvalue weighted by Gasteiger charge is -2.11. The quantitative estimate of drug-likeness (QED) is 0.787. The first-order valence-corrected chi connectivity index (χ1v) is 7.93. The van der Waals surface area contributed by atoms with Gasteiger partial charge in [-0.3, -0.25) is 4.79 Å². The number of hydrogen-bond acceptors (Lipinski definition) is 5. The fraction of sp³-hybridized carbons (Fsp3) is 0.211. The minimum atomic E-state index is -0.201. The molecule has 1 aromatic carbocycles. The lowest BCUT2D eigenvalue weighted by molar-refractivity contribution is 0.102. The smallest absolute Gasteiger partial charge is 0.257 e. The summed E-state index contributed by atoms with van der Waals surface area (Å²) in [5, 5.41) is 2.86. The van der Waals surface area contributed by atoms with Gasteiger partial charge in [0.25, 0.3) is 5.91 Å². The summed E-state index contributed by atoms with van der Waals surface area (Å²) in [4.78, 5) is 22.8. The van der Waals surface area contributed by atoms with Gasteiger partial charge in [-0.25, -0.2) is 9.97 Å². The lowest BCUT2D eigenvalue weighted by atomic mass is 10.2. The van der Waals surface area contributed by atoms with Crippen molar-refractivity contribution in [2.24, 2.45) is 0 Å². The molecule has 0 aliphatic heterocycles. The topological polar surface area (TPSA) is 71.3 Å². The maximum atomic E-state index is 12.3. The number of oxazole rings is 1. The number of anilines is 2. The van der Waals surface area contributed by atoms with Crippen LogP contribution in [-0.2, 0) is 0 Å². The zero-order chi connectivity index (χ0) is 18.0. The molecule has 6 nitrogen and oxygen atoms in total. The number of carbonyl (C=O) groups excluding carboxylic acids is 1. The van der Waals surface area contributed by atoms with Crippen molar-refractivity contribution >= 4 is 17.4 Å². The summed E-state index contributed by atoms with van der Waals surface area (Å²) < 4.78 is 5.61. The van der Waals surface area contributed by atoms with Crippen LogP contribution in [0.4, 0.5) is 11.5 Å². The number of rotatable bonds is 4. The van der Waals surface area contributed by atoms with Crippen molar-refractivity contribution in [1.29, 1.82) is 0 Å². The Labute approximate surface area is 146 Å². The van der Waals surface area contributed by atoms with Gasteiger partial charge in [0.1, 0.15) is 11.6 Å². The average molecular weight is 336 g/mol. The van der Waals surface area contributed by atoms with Crippen LogP contribution in [0.3, 0.4) is 0 Å². The van der Waals surface area contributed by atoms with Gasteiger partial charge in [-0.05, 0) is 50.2 Å². The summed E-state index contributed by atoms with van der Waals surface area (Å²) in [6.45, 7) is 3.79. The third kappa shape index (κ3) is 3.68. The number of hydrogen-bond donors (Lipinski definition) is 1. The van der Waals surface area contributed by atoms with E-state index in [-0.39, 0.29) is 5.91 Å². The molecule has 0 aliphatic rings. The van der Waals surface area contributed by atoms with Gasteiger partial charge in [-0.2, -0.15) is 0 Å². The van der Waals surface area contributed by atoms with Crippen molar-refractivity contribution in [3.8, 4) is 11.5 Å². The average Bonchev–Trinajstić information content (AvgIpc) is 2.94. The van der Waals surface area contributed by atoms with Gasteiger partial charge in [-0.15, -0.1) is 0 Å². The predicted molar refractivity (Wildman–Crippen MR) is 97.9 cm³/mol. The van der Waals surface area contributed by atoms with Crippen LogP contribution < -0.4 is 10.2 Å². The molecule has 0 unspecified atom stereocenters. The van der Waals surface area contributed by atoms with Gasteiger partial charge in [-0.1, -0.05) is 0 Å². The molecule has 1 N–H and O–H groups in total. The number of aryl methyl sites for hydroxylation is 2. The van der Waals surface area contributed by atoms with E-state index in [1.54, 1.807) is 12.3 Å². The standard InChI is InChI=1S/C19H20N4O2/c1-12-13(2)25-19(21-12)14-5-8-16(9-6-14)22-18(24)15-7-10-17(20-11-15)23(3)4/h5-11H,1-4H3,(H,22,24). The molecular weight excluding hydrogens is 316 g/mol. The monoisotopic (exact) mass is 336 g/mol. The minimum Gasteiger partial charge on any atom is -0.441 e. The fourth-order valence-electron chi connectivity index (χ4n) is 2.28. The van der Waals surface area contributed by atoms with Crippen LogP contribution in [-0.4, -0.2) is 30.0 Å². The summed E-state index contributed by atoms with van der Waals surface area (Å²) in [7, 11) is 3.81. The van der Waals surface area contributed by atoms with E-state index in [0.29, 0.717) is 17.1 Å². The van der Waals surface area contributed by atoms with E-state index in [4.69, 9.17) is 4.42 Å². The van der Waals surface area contributed by atoms with Crippen LogP contribution in [0.5, 0.6) is 0 Å². The lowest BCUT2D eigenvalue weighted by Crippen LogP contribution is -2.14. The Morgan fingerprint density at radius 2 is 1.80 bits per heavy atom. The molecule has 0 saturated heterocycles. The van der Waals surface area contributed by atoms with Crippen LogP contribution in [0.2, 0.25) is 0 Å². The highest BCUT2D eigenvalue weighted by Gasteiger charge is 2.10. The first-order valence-electron chi connectivity index (χ1n) is 7.93. The normalized spacial score (nSPS) is 10.6. The van der Waals surface area contributed by atoms with E-state index < -0.39 is 0 Å². The zero-order valence-corrected chi connectivity index (χ0v) is 14.7. The van der Waals surface area contributed by atoms with Gasteiger partial charge < -0.3 is 14.6 Å². The Kier molecular flexibility index (Phi) is 4.52. The molecule has 2 aromatic heterocycles. The van der Waals surface area contributed by atoms with Gasteiger partial charge in [0.2, 0.25) is 5.89 Å². The summed E-state index contributed by atoms with van der Waals surface area (Å²) in [6.07, 6.45) is 1.57. The first-order chi connectivity index (χ1) is 11.9. The summed E-state index contributed by atoms with van der Waals surface area (Å²) in [5.41, 5.74) is 2.95. The Morgan fingerprint density at radius 1 is 1.08 bits per heavy atom. The number of benzene rings is 1. The van der Waals surface area contributed by atoms with Crippen molar-refractivity contribution < 1.29 is 9.21 Å². The van der Waals surface area contributed by atoms with Crippen molar-refractivity contribution in [3.05, 3.63) is 59.6 Å². The molecule has 3 aromatic rings. The first kappa shape index (κ1) is 16.7. The molecular formula is C19H20N4O2. The maximum Gasteiger partial charge on any atom is 0.257 e. The number of carbonyl (C=O) groups is 1. The molecule has 25 heavy (non-hydrogen) atoms. The molecule has 128 valence electrons. The third-order valence-electron chi connectivity index (χ3n) is 3.89. The van der Waals surface area contributed by atoms with E-state index in [9.17, 15) is 4.79 Å². The predicted octanol–water partition coefficient (Wildman–Crippen LogP) is 3.67. The van der Waals surface area contributed by atoms with Crippen LogP contribution in [0, 0.1) is 13.8 Å². The molecule has 3 rings (SSSR count). The Balaban J connectivity index is 1.71. The molecule has 0 aliphatic carbocycles. The molecule has 0 fully saturated rings. The van der Waals surface area contributed by atoms with Crippen LogP contribution >= 0.6 is 0 Å². The fourth-order valence-corrected chi connectivity index (χ4v) is 2.28. The van der Waals surface area contributed by atoms with Gasteiger partial charge >= 0.3 is 0 Å². The second kappa shape index (κ2) is 6.76. The molecule has 0 radical (unpaired) electrons. The molecule has 2 heterocycles. The van der Waals surface area contributed by atoms with Crippen LogP contribution in [0.15, 0.2) is 47.0 Å². The summed E-state index contributed by atoms with van der Waals surface area (Å²) in [5.74, 6) is 1.99. The van der Waals surface area contributed by atoms with Crippen molar-refractivity contribution in [3.63, 3.8) is 0 Å². The number of aromatic nitrogens is 2. The SMILES string of the molecule is Cc1nc(-c2ccc(NC(=O)c3ccc(N(C)C)nc3)cc2)oc1C. The highest BCUT2D eigenvalue weighted by Crippen LogP contribution is 2.23. The van der Waals surface area contributed by atoms with E-state index >= 15 is 0 Å². The maximum absolute atomic E-state index is 12.3. The summed E-state index contributed by atoms with van der Waals surface area (Å²) in [6, 6.07) is 10.9. The van der Waals surface area contributed by atoms with E-state index in [1.165, 1.54) is 0 Å². The molecule has 1 amide bonds. The van der Waals surface area contributed by atoms with Crippen molar-refractivity contribution in [2.45, 2.75) is 13.8 Å². The van der Waals surface area contributed by atoms with Gasteiger partial charge in [0.15, 0.2) is 0 Å². The third-order valence-corrected chi connectivity index (χ3v) is 3.89. The van der Waals surface area contributed by atoms with E-state index in [0.717, 1.165) is 22.8 Å². The largest absolute Gasteiger partial charge is 0.441 e. The number of amides is 1. The van der Waals surface area contributed by atoms with Crippen LogP contribution in [0.1, 0.15) is 21.8 Å². The number of nitrogens with zero attached hydrogens (tertiary/aromatic N) is 3. The Hall–Kier alpha value is -3.15. The Bertz CT molecular complexity index is 861. The second-order valence-corrected chi connectivity index (χ2v) is 5.99. The van der Waals surface area contributed by atoms with E-state index in [2.05, 4.69) is 15.3 Å². The number of nitrogens with one attached hydrogen (secondary N) is 1. The molecule has 0 saturated carbocycles. The molecule has 0 spiro atoms. The van der Waals surface area contributed by atoms with Crippen LogP contribution in [0.25, 0.3) is 11.5 Å². The zero-order valence-electron chi connectivity index (χ0n) is 14.7. The summed E-state index contributed by atoms with van der Waals surface area (Å²) >= 11 is 0.